The molecule has 10 heteroatoms. The summed E-state index contributed by atoms with van der Waals surface area (Å²) in [7, 11) is 1.08. The van der Waals surface area contributed by atoms with E-state index in [9.17, 15) is 19.5 Å². The number of carbonyl (C=O) groups is 3. The quantitative estimate of drug-likeness (QED) is 0.443. The molecule has 39 heavy (non-hydrogen) atoms. The van der Waals surface area contributed by atoms with E-state index in [1.165, 1.54) is 6.92 Å². The van der Waals surface area contributed by atoms with Gasteiger partial charge in [-0.05, 0) is 51.4 Å². The number of aliphatic hydroxyl groups is 1. The Balaban J connectivity index is 1.74. The van der Waals surface area contributed by atoms with Crippen LogP contribution < -0.4 is 5.32 Å². The SMILES string of the molecule is CC(C)C[C@H](CC(=O)[C@@H](NC(=O)c1cccc(-c2ccccc2)n1)[C@@H](C)O)B1OCCCN(C)CCC(=O)O1. The Hall–Kier alpha value is -3.08. The van der Waals surface area contributed by atoms with Crippen LogP contribution in [-0.2, 0) is 18.9 Å². The molecule has 210 valence electrons. The Kier molecular flexibility index (Phi) is 11.6. The number of nitrogens with zero attached hydrogens (tertiary/aromatic N) is 2. The zero-order valence-electron chi connectivity index (χ0n) is 23.3. The normalized spacial score (nSPS) is 17.7. The molecule has 0 bridgehead atoms. The summed E-state index contributed by atoms with van der Waals surface area (Å²) >= 11 is 0. The molecular weight excluding hydrogens is 497 g/mol. The van der Waals surface area contributed by atoms with Crippen LogP contribution in [0.5, 0.6) is 0 Å². The van der Waals surface area contributed by atoms with Crippen molar-refractivity contribution in [3.63, 3.8) is 0 Å². The van der Waals surface area contributed by atoms with E-state index in [1.807, 2.05) is 51.2 Å². The van der Waals surface area contributed by atoms with Crippen molar-refractivity contribution in [2.45, 2.75) is 64.4 Å². The summed E-state index contributed by atoms with van der Waals surface area (Å²) in [6, 6.07) is 13.4. The number of hydrogen-bond acceptors (Lipinski definition) is 8. The van der Waals surface area contributed by atoms with E-state index in [0.29, 0.717) is 25.3 Å². The van der Waals surface area contributed by atoms with Crippen LogP contribution in [0.15, 0.2) is 48.5 Å². The number of rotatable bonds is 10. The molecule has 0 aliphatic carbocycles. The standard InChI is InChI=1S/C29H40BN3O6/c1-20(2)18-23(30-38-17-9-15-33(4)16-14-27(36)39-30)19-26(35)28(21(3)34)32-29(37)25-13-8-12-24(31-25)22-10-6-5-7-11-22/h5-8,10-13,20-21,23,28,34H,9,14-19H2,1-4H3,(H,32,37)/t21-,23-,28+/m1/s1. The molecule has 0 unspecified atom stereocenters. The van der Waals surface area contributed by atoms with Gasteiger partial charge in [-0.3, -0.25) is 14.4 Å². The third-order valence-corrected chi connectivity index (χ3v) is 6.70. The van der Waals surface area contributed by atoms with Gasteiger partial charge in [0.25, 0.3) is 11.9 Å². The van der Waals surface area contributed by atoms with Gasteiger partial charge in [-0.1, -0.05) is 50.2 Å². The molecule has 2 aromatic rings. The predicted molar refractivity (Wildman–Crippen MR) is 150 cm³/mol. The highest BCUT2D eigenvalue weighted by Crippen LogP contribution is 2.28. The van der Waals surface area contributed by atoms with Crippen molar-refractivity contribution in [2.75, 3.05) is 26.7 Å². The number of amides is 1. The van der Waals surface area contributed by atoms with E-state index in [0.717, 1.165) is 18.5 Å². The topological polar surface area (TPSA) is 118 Å². The van der Waals surface area contributed by atoms with Crippen molar-refractivity contribution >= 4 is 24.8 Å². The summed E-state index contributed by atoms with van der Waals surface area (Å²) < 4.78 is 11.7. The van der Waals surface area contributed by atoms with Gasteiger partial charge in [-0.25, -0.2) is 4.98 Å². The maximum Gasteiger partial charge on any atom is 0.530 e. The van der Waals surface area contributed by atoms with Crippen molar-refractivity contribution in [1.29, 1.82) is 0 Å². The summed E-state index contributed by atoms with van der Waals surface area (Å²) in [5.41, 5.74) is 1.63. The lowest BCUT2D eigenvalue weighted by molar-refractivity contribution is -0.137. The Morgan fingerprint density at radius 2 is 1.85 bits per heavy atom. The molecule has 9 nitrogen and oxygen atoms in total. The molecule has 3 atom stereocenters. The maximum atomic E-state index is 13.5. The number of carbonyl (C=O) groups excluding carboxylic acids is 3. The Labute approximate surface area is 231 Å². The average Bonchev–Trinajstić information content (AvgIpc) is 2.91. The van der Waals surface area contributed by atoms with Gasteiger partial charge in [0.15, 0.2) is 5.78 Å². The lowest BCUT2D eigenvalue weighted by atomic mass is 9.64. The van der Waals surface area contributed by atoms with Crippen molar-refractivity contribution < 1.29 is 28.8 Å². The zero-order valence-corrected chi connectivity index (χ0v) is 23.3. The van der Waals surface area contributed by atoms with Crippen LogP contribution in [0.1, 0.15) is 56.9 Å². The summed E-state index contributed by atoms with van der Waals surface area (Å²) in [5, 5.41) is 13.1. The second kappa shape index (κ2) is 14.9. The molecule has 1 aromatic carbocycles. The average molecular weight is 537 g/mol. The molecular formula is C29H40BN3O6. The first-order valence-corrected chi connectivity index (χ1v) is 13.7. The molecule has 3 rings (SSSR count). The van der Waals surface area contributed by atoms with Crippen LogP contribution in [0.25, 0.3) is 11.3 Å². The minimum Gasteiger partial charge on any atom is -0.509 e. The van der Waals surface area contributed by atoms with Crippen molar-refractivity contribution in [1.82, 2.24) is 15.2 Å². The number of aliphatic hydroxyl groups excluding tert-OH is 1. The molecule has 2 N–H and O–H groups in total. The fraction of sp³-hybridized carbons (Fsp3) is 0.517. The molecule has 1 saturated heterocycles. The summed E-state index contributed by atoms with van der Waals surface area (Å²) in [6.07, 6.45) is 0.421. The first kappa shape index (κ1) is 30.5. The van der Waals surface area contributed by atoms with Gasteiger partial charge in [0.05, 0.1) is 18.2 Å². The number of hydrogen-bond donors (Lipinski definition) is 2. The number of pyridine rings is 1. The molecule has 0 radical (unpaired) electrons. The van der Waals surface area contributed by atoms with Gasteiger partial charge < -0.3 is 24.6 Å². The summed E-state index contributed by atoms with van der Waals surface area (Å²) in [4.78, 5) is 45.6. The lowest BCUT2D eigenvalue weighted by Crippen LogP contribution is -2.49. The second-order valence-electron chi connectivity index (χ2n) is 10.7. The molecule has 1 fully saturated rings. The van der Waals surface area contributed by atoms with E-state index < -0.39 is 31.0 Å². The van der Waals surface area contributed by atoms with Crippen LogP contribution >= 0.6 is 0 Å². The number of aromatic nitrogens is 1. The summed E-state index contributed by atoms with van der Waals surface area (Å²) in [5.74, 6) is -1.51. The van der Waals surface area contributed by atoms with Gasteiger partial charge in [0.1, 0.15) is 11.7 Å². The van der Waals surface area contributed by atoms with E-state index in [1.54, 1.807) is 18.2 Å². The van der Waals surface area contributed by atoms with Crippen LogP contribution in [-0.4, -0.2) is 78.7 Å². The highest BCUT2D eigenvalue weighted by Gasteiger charge is 2.38. The van der Waals surface area contributed by atoms with Crippen LogP contribution in [0.4, 0.5) is 0 Å². The molecule has 1 aromatic heterocycles. The first-order chi connectivity index (χ1) is 18.6. The second-order valence-corrected chi connectivity index (χ2v) is 10.7. The van der Waals surface area contributed by atoms with Crippen LogP contribution in [0, 0.1) is 5.92 Å². The fourth-order valence-corrected chi connectivity index (χ4v) is 4.68. The van der Waals surface area contributed by atoms with Gasteiger partial charge in [-0.2, -0.15) is 0 Å². The third-order valence-electron chi connectivity index (χ3n) is 6.70. The van der Waals surface area contributed by atoms with Gasteiger partial charge in [0, 0.05) is 31.0 Å². The van der Waals surface area contributed by atoms with E-state index >= 15 is 0 Å². The highest BCUT2D eigenvalue weighted by molar-refractivity contribution is 6.49. The predicted octanol–water partition coefficient (Wildman–Crippen LogP) is 3.38. The minimum atomic E-state index is -1.15. The van der Waals surface area contributed by atoms with Gasteiger partial charge >= 0.3 is 7.12 Å². The molecule has 2 heterocycles. The number of ketones is 1. The van der Waals surface area contributed by atoms with E-state index in [4.69, 9.17) is 9.31 Å². The largest absolute Gasteiger partial charge is 0.530 e. The highest BCUT2D eigenvalue weighted by atomic mass is 16.6. The molecule has 1 aliphatic heterocycles. The van der Waals surface area contributed by atoms with Crippen LogP contribution in [0.3, 0.4) is 0 Å². The van der Waals surface area contributed by atoms with Gasteiger partial charge in [-0.15, -0.1) is 0 Å². The number of benzene rings is 1. The van der Waals surface area contributed by atoms with E-state index in [-0.39, 0.29) is 36.2 Å². The molecule has 1 amide bonds. The number of Topliss-reactive ketones (excluding diaryl/α,β-unsaturated/α-hetero) is 1. The Morgan fingerprint density at radius 1 is 1.10 bits per heavy atom. The van der Waals surface area contributed by atoms with E-state index in [2.05, 4.69) is 15.2 Å². The Morgan fingerprint density at radius 3 is 2.54 bits per heavy atom. The first-order valence-electron chi connectivity index (χ1n) is 13.7. The zero-order chi connectivity index (χ0) is 28.4. The van der Waals surface area contributed by atoms with Crippen LogP contribution in [0.2, 0.25) is 5.82 Å². The summed E-state index contributed by atoms with van der Waals surface area (Å²) in [6.45, 7) is 7.29. The number of nitrogens with one attached hydrogen (secondary N) is 1. The van der Waals surface area contributed by atoms with Crippen molar-refractivity contribution in [2.24, 2.45) is 5.92 Å². The van der Waals surface area contributed by atoms with Gasteiger partial charge in [0.2, 0.25) is 0 Å². The molecule has 1 aliphatic rings. The molecule has 0 spiro atoms. The van der Waals surface area contributed by atoms with Crippen molar-refractivity contribution in [3.8, 4) is 11.3 Å². The van der Waals surface area contributed by atoms with Crippen molar-refractivity contribution in [3.05, 3.63) is 54.2 Å². The monoisotopic (exact) mass is 537 g/mol. The molecule has 0 saturated carbocycles. The lowest BCUT2D eigenvalue weighted by Gasteiger charge is -2.28. The maximum absolute atomic E-state index is 13.5. The smallest absolute Gasteiger partial charge is 0.509 e. The minimum absolute atomic E-state index is 0.0244. The Bertz CT molecular complexity index is 1100. The fourth-order valence-electron chi connectivity index (χ4n) is 4.68. The third kappa shape index (κ3) is 9.56.